The molecule has 2 heterocycles. The van der Waals surface area contributed by atoms with Crippen LogP contribution in [0.1, 0.15) is 44.0 Å². The normalized spacial score (nSPS) is 27.1. The Morgan fingerprint density at radius 2 is 2.44 bits per heavy atom. The lowest BCUT2D eigenvalue weighted by Crippen LogP contribution is -2.29. The van der Waals surface area contributed by atoms with Crippen LogP contribution in [0.2, 0.25) is 0 Å². The molecule has 1 aliphatic rings. The molecule has 3 atom stereocenters. The number of ether oxygens (including phenoxy) is 1. The lowest BCUT2D eigenvalue weighted by molar-refractivity contribution is 0.0543. The average Bonchev–Trinajstić information content (AvgIpc) is 2.91. The maximum Gasteiger partial charge on any atom is 0.0704 e. The highest BCUT2D eigenvalue weighted by Crippen LogP contribution is 2.23. The zero-order valence-electron chi connectivity index (χ0n) is 10.1. The van der Waals surface area contributed by atoms with Gasteiger partial charge >= 0.3 is 0 Å². The van der Waals surface area contributed by atoms with E-state index in [4.69, 9.17) is 4.74 Å². The predicted molar refractivity (Wildman–Crippen MR) is 68.9 cm³/mol. The molecule has 1 aromatic rings. The molecule has 1 N–H and O–H groups in total. The second kappa shape index (κ2) is 5.80. The summed E-state index contributed by atoms with van der Waals surface area (Å²) in [6.07, 6.45) is 4.43. The van der Waals surface area contributed by atoms with Crippen LogP contribution >= 0.6 is 11.3 Å². The Hall–Kier alpha value is -0.380. The van der Waals surface area contributed by atoms with E-state index in [1.807, 2.05) is 11.3 Å². The summed E-state index contributed by atoms with van der Waals surface area (Å²) in [5, 5.41) is 5.77. The molecule has 2 nitrogen and oxygen atoms in total. The van der Waals surface area contributed by atoms with Gasteiger partial charge in [-0.15, -0.1) is 11.3 Å². The van der Waals surface area contributed by atoms with Gasteiger partial charge in [-0.3, -0.25) is 0 Å². The third-order valence-corrected chi connectivity index (χ3v) is 4.19. The van der Waals surface area contributed by atoms with Crippen molar-refractivity contribution in [2.24, 2.45) is 0 Å². The highest BCUT2D eigenvalue weighted by Gasteiger charge is 2.22. The Kier molecular flexibility index (Phi) is 4.38. The fourth-order valence-corrected chi connectivity index (χ4v) is 3.13. The van der Waals surface area contributed by atoms with E-state index in [1.165, 1.54) is 17.7 Å². The second-order valence-electron chi connectivity index (χ2n) is 4.53. The highest BCUT2D eigenvalue weighted by atomic mass is 32.1. The molecule has 3 heteroatoms. The maximum atomic E-state index is 5.81. The van der Waals surface area contributed by atoms with Crippen molar-refractivity contribution in [2.75, 3.05) is 6.54 Å². The first kappa shape index (κ1) is 12.1. The third-order valence-electron chi connectivity index (χ3n) is 3.21. The van der Waals surface area contributed by atoms with E-state index in [2.05, 4.69) is 36.7 Å². The Balaban J connectivity index is 1.79. The van der Waals surface area contributed by atoms with Gasteiger partial charge in [-0.05, 0) is 37.6 Å². The lowest BCUT2D eigenvalue weighted by Gasteiger charge is -2.18. The Morgan fingerprint density at radius 1 is 1.56 bits per heavy atom. The number of rotatable bonds is 5. The number of nitrogens with one attached hydrogen (secondary N) is 1. The first-order chi connectivity index (χ1) is 7.79. The molecule has 0 spiro atoms. The van der Waals surface area contributed by atoms with Gasteiger partial charge < -0.3 is 10.1 Å². The minimum absolute atomic E-state index is 0.420. The molecular weight excluding hydrogens is 218 g/mol. The van der Waals surface area contributed by atoms with Gasteiger partial charge in [-0.1, -0.05) is 13.0 Å². The van der Waals surface area contributed by atoms with Gasteiger partial charge in [0.1, 0.15) is 0 Å². The SMILES string of the molecule is CCC(NCC1CCC(C)O1)c1cccs1. The van der Waals surface area contributed by atoms with E-state index in [1.54, 1.807) is 0 Å². The van der Waals surface area contributed by atoms with Gasteiger partial charge in [0.25, 0.3) is 0 Å². The molecule has 1 saturated heterocycles. The Bertz CT molecular complexity index is 299. The standard InChI is InChI=1S/C13H21NOS/c1-3-12(13-5-4-8-16-13)14-9-11-7-6-10(2)15-11/h4-5,8,10-12,14H,3,6-7,9H2,1-2H3. The summed E-state index contributed by atoms with van der Waals surface area (Å²) in [7, 11) is 0. The summed E-state index contributed by atoms with van der Waals surface area (Å²) in [6, 6.07) is 4.84. The zero-order valence-corrected chi connectivity index (χ0v) is 10.9. The molecule has 1 fully saturated rings. The van der Waals surface area contributed by atoms with Gasteiger partial charge in [-0.2, -0.15) is 0 Å². The summed E-state index contributed by atoms with van der Waals surface area (Å²) in [5.74, 6) is 0. The van der Waals surface area contributed by atoms with Gasteiger partial charge in [0, 0.05) is 17.5 Å². The van der Waals surface area contributed by atoms with Crippen molar-refractivity contribution < 1.29 is 4.74 Å². The minimum atomic E-state index is 0.420. The fourth-order valence-electron chi connectivity index (χ4n) is 2.24. The molecule has 0 bridgehead atoms. The molecule has 0 aromatic carbocycles. The van der Waals surface area contributed by atoms with Crippen molar-refractivity contribution in [3.05, 3.63) is 22.4 Å². The summed E-state index contributed by atoms with van der Waals surface area (Å²) >= 11 is 1.84. The average molecular weight is 239 g/mol. The van der Waals surface area contributed by atoms with Crippen LogP contribution in [-0.4, -0.2) is 18.8 Å². The Labute approximate surface area is 102 Å². The van der Waals surface area contributed by atoms with Crippen molar-refractivity contribution in [3.63, 3.8) is 0 Å². The van der Waals surface area contributed by atoms with Gasteiger partial charge in [0.15, 0.2) is 0 Å². The summed E-state index contributed by atoms with van der Waals surface area (Å²) in [6.45, 7) is 5.38. The van der Waals surface area contributed by atoms with E-state index in [0.29, 0.717) is 18.2 Å². The van der Waals surface area contributed by atoms with Gasteiger partial charge in [0.05, 0.1) is 12.2 Å². The molecule has 2 rings (SSSR count). The zero-order chi connectivity index (χ0) is 11.4. The number of hydrogen-bond donors (Lipinski definition) is 1. The van der Waals surface area contributed by atoms with Crippen molar-refractivity contribution in [1.82, 2.24) is 5.32 Å². The van der Waals surface area contributed by atoms with Crippen molar-refractivity contribution in [2.45, 2.75) is 51.4 Å². The molecule has 1 aliphatic heterocycles. The van der Waals surface area contributed by atoms with Crippen molar-refractivity contribution in [3.8, 4) is 0 Å². The molecule has 0 amide bonds. The van der Waals surface area contributed by atoms with Crippen LogP contribution in [0.15, 0.2) is 17.5 Å². The van der Waals surface area contributed by atoms with Crippen molar-refractivity contribution in [1.29, 1.82) is 0 Å². The molecular formula is C13H21NOS. The predicted octanol–water partition coefficient (Wildman–Crippen LogP) is 3.36. The van der Waals surface area contributed by atoms with Crippen LogP contribution in [0, 0.1) is 0 Å². The van der Waals surface area contributed by atoms with Crippen LogP contribution in [0.5, 0.6) is 0 Å². The maximum absolute atomic E-state index is 5.81. The first-order valence-electron chi connectivity index (χ1n) is 6.21. The fraction of sp³-hybridized carbons (Fsp3) is 0.692. The molecule has 1 aromatic heterocycles. The van der Waals surface area contributed by atoms with Crippen LogP contribution in [0.3, 0.4) is 0 Å². The smallest absolute Gasteiger partial charge is 0.0704 e. The van der Waals surface area contributed by atoms with Gasteiger partial charge in [0.2, 0.25) is 0 Å². The highest BCUT2D eigenvalue weighted by molar-refractivity contribution is 7.10. The monoisotopic (exact) mass is 239 g/mol. The number of hydrogen-bond acceptors (Lipinski definition) is 3. The Morgan fingerprint density at radius 3 is 3.00 bits per heavy atom. The van der Waals surface area contributed by atoms with Crippen molar-refractivity contribution >= 4 is 11.3 Å². The minimum Gasteiger partial charge on any atom is -0.374 e. The third kappa shape index (κ3) is 3.06. The molecule has 0 aliphatic carbocycles. The quantitative estimate of drug-likeness (QED) is 0.850. The summed E-state index contributed by atoms with van der Waals surface area (Å²) in [4.78, 5) is 1.44. The largest absolute Gasteiger partial charge is 0.374 e. The number of thiophene rings is 1. The topological polar surface area (TPSA) is 21.3 Å². The molecule has 0 radical (unpaired) electrons. The van der Waals surface area contributed by atoms with Crippen LogP contribution in [-0.2, 0) is 4.74 Å². The van der Waals surface area contributed by atoms with Crippen LogP contribution in [0.4, 0.5) is 0 Å². The van der Waals surface area contributed by atoms with Crippen LogP contribution in [0.25, 0.3) is 0 Å². The van der Waals surface area contributed by atoms with E-state index in [9.17, 15) is 0 Å². The lowest BCUT2D eigenvalue weighted by atomic mass is 10.1. The molecule has 90 valence electrons. The molecule has 0 saturated carbocycles. The summed E-state index contributed by atoms with van der Waals surface area (Å²) < 4.78 is 5.81. The first-order valence-corrected chi connectivity index (χ1v) is 7.09. The van der Waals surface area contributed by atoms with E-state index in [0.717, 1.165) is 13.0 Å². The van der Waals surface area contributed by atoms with E-state index in [-0.39, 0.29) is 0 Å². The molecule has 16 heavy (non-hydrogen) atoms. The van der Waals surface area contributed by atoms with Crippen LogP contribution < -0.4 is 5.32 Å². The second-order valence-corrected chi connectivity index (χ2v) is 5.51. The van der Waals surface area contributed by atoms with E-state index < -0.39 is 0 Å². The molecule has 3 unspecified atom stereocenters. The van der Waals surface area contributed by atoms with Gasteiger partial charge in [-0.25, -0.2) is 0 Å². The van der Waals surface area contributed by atoms with E-state index >= 15 is 0 Å². The summed E-state index contributed by atoms with van der Waals surface area (Å²) in [5.41, 5.74) is 0.